The topological polar surface area (TPSA) is 69.8 Å². The molecule has 128 valence electrons. The number of aliphatic hydroxyl groups is 1. The predicted molar refractivity (Wildman–Crippen MR) is 85.7 cm³/mol. The summed E-state index contributed by atoms with van der Waals surface area (Å²) < 4.78 is 5.25. The van der Waals surface area contributed by atoms with Crippen LogP contribution in [-0.4, -0.2) is 58.8 Å². The smallest absolute Gasteiger partial charge is 0.225 e. The molecular formula is C17H27N3O3. The molecule has 1 aromatic heterocycles. The Morgan fingerprint density at radius 3 is 2.65 bits per heavy atom. The number of hydrogen-bond acceptors (Lipinski definition) is 5. The minimum absolute atomic E-state index is 0.0166. The van der Waals surface area contributed by atoms with E-state index < -0.39 is 0 Å². The first-order chi connectivity index (χ1) is 10.9. The van der Waals surface area contributed by atoms with Gasteiger partial charge >= 0.3 is 0 Å². The van der Waals surface area contributed by atoms with Crippen molar-refractivity contribution < 1.29 is 14.4 Å². The van der Waals surface area contributed by atoms with Crippen molar-refractivity contribution in [1.82, 2.24) is 15.0 Å². The minimum Gasteiger partial charge on any atom is -0.396 e. The van der Waals surface area contributed by atoms with Crippen LogP contribution in [0.2, 0.25) is 0 Å². The number of fused-ring (bicyclic) bond motifs is 1. The molecule has 2 atom stereocenters. The Labute approximate surface area is 137 Å². The van der Waals surface area contributed by atoms with E-state index in [1.807, 2.05) is 32.6 Å². The van der Waals surface area contributed by atoms with Crippen LogP contribution in [0.25, 0.3) is 0 Å². The third-order valence-electron chi connectivity index (χ3n) is 5.51. The number of nitrogens with zero attached hydrogens (tertiary/aromatic N) is 3. The van der Waals surface area contributed by atoms with Crippen LogP contribution >= 0.6 is 0 Å². The van der Waals surface area contributed by atoms with Crippen LogP contribution in [0.4, 0.5) is 0 Å². The number of carbonyl (C=O) groups excluding carboxylic acids is 1. The molecule has 0 bridgehead atoms. The third kappa shape index (κ3) is 2.78. The molecule has 2 saturated heterocycles. The van der Waals surface area contributed by atoms with Crippen LogP contribution in [0.5, 0.6) is 0 Å². The van der Waals surface area contributed by atoms with Gasteiger partial charge < -0.3 is 14.5 Å². The zero-order valence-electron chi connectivity index (χ0n) is 14.5. The van der Waals surface area contributed by atoms with Crippen molar-refractivity contribution in [2.45, 2.75) is 34.2 Å². The SMILES string of the molecule is Cc1noc(C)c1CN1C[C@H]2CN(C(=O)C(C)C)C[C@@]2(CO)C1. The number of aliphatic hydroxyl groups excluding tert-OH is 1. The van der Waals surface area contributed by atoms with Gasteiger partial charge in [-0.2, -0.15) is 0 Å². The molecule has 2 aliphatic heterocycles. The van der Waals surface area contributed by atoms with Gasteiger partial charge in [-0.1, -0.05) is 19.0 Å². The molecule has 3 heterocycles. The summed E-state index contributed by atoms with van der Waals surface area (Å²) in [6, 6.07) is 0. The number of likely N-dealkylation sites (tertiary alicyclic amines) is 2. The van der Waals surface area contributed by atoms with E-state index in [4.69, 9.17) is 4.52 Å². The van der Waals surface area contributed by atoms with Crippen molar-refractivity contribution in [3.63, 3.8) is 0 Å². The average molecular weight is 321 g/mol. The molecule has 23 heavy (non-hydrogen) atoms. The Bertz CT molecular complexity index is 578. The first-order valence-corrected chi connectivity index (χ1v) is 8.40. The van der Waals surface area contributed by atoms with Gasteiger partial charge in [-0.05, 0) is 19.8 Å². The summed E-state index contributed by atoms with van der Waals surface area (Å²) in [5.41, 5.74) is 1.91. The average Bonchev–Trinajstić information content (AvgIpc) is 3.12. The van der Waals surface area contributed by atoms with Crippen LogP contribution in [0.15, 0.2) is 4.52 Å². The highest BCUT2D eigenvalue weighted by atomic mass is 16.5. The Kier molecular flexibility index (Phi) is 4.23. The molecule has 2 fully saturated rings. The molecule has 0 unspecified atom stereocenters. The lowest BCUT2D eigenvalue weighted by Gasteiger charge is -2.28. The second kappa shape index (κ2) is 5.91. The van der Waals surface area contributed by atoms with Gasteiger partial charge in [0, 0.05) is 49.6 Å². The van der Waals surface area contributed by atoms with Crippen LogP contribution in [0.3, 0.4) is 0 Å². The van der Waals surface area contributed by atoms with Crippen molar-refractivity contribution in [3.05, 3.63) is 17.0 Å². The highest BCUT2D eigenvalue weighted by Crippen LogP contribution is 2.43. The summed E-state index contributed by atoms with van der Waals surface area (Å²) in [6.45, 7) is 11.9. The first kappa shape index (κ1) is 16.5. The molecule has 0 aromatic carbocycles. The van der Waals surface area contributed by atoms with Gasteiger partial charge in [0.1, 0.15) is 5.76 Å². The van der Waals surface area contributed by atoms with Crippen LogP contribution in [-0.2, 0) is 11.3 Å². The van der Waals surface area contributed by atoms with Gasteiger partial charge in [-0.3, -0.25) is 9.69 Å². The van der Waals surface area contributed by atoms with Crippen molar-refractivity contribution in [3.8, 4) is 0 Å². The van der Waals surface area contributed by atoms with Crippen molar-refractivity contribution in [2.75, 3.05) is 32.8 Å². The standard InChI is InChI=1S/C17H27N3O3/c1-11(2)16(22)20-6-14-5-19(8-17(14,9-20)10-21)7-15-12(3)18-23-13(15)4/h11,14,21H,5-10H2,1-4H3/t14-,17+/m0/s1. The summed E-state index contributed by atoms with van der Waals surface area (Å²) in [5, 5.41) is 14.0. The van der Waals surface area contributed by atoms with Crippen LogP contribution < -0.4 is 0 Å². The number of rotatable bonds is 4. The van der Waals surface area contributed by atoms with Crippen molar-refractivity contribution >= 4 is 5.91 Å². The van der Waals surface area contributed by atoms with E-state index in [1.54, 1.807) is 0 Å². The quantitative estimate of drug-likeness (QED) is 0.902. The molecule has 0 spiro atoms. The fourth-order valence-electron chi connectivity index (χ4n) is 4.12. The summed E-state index contributed by atoms with van der Waals surface area (Å²) >= 11 is 0. The second-order valence-electron chi connectivity index (χ2n) is 7.56. The molecule has 3 rings (SSSR count). The summed E-state index contributed by atoms with van der Waals surface area (Å²) in [6.07, 6.45) is 0. The normalized spacial score (nSPS) is 27.9. The van der Waals surface area contributed by atoms with Gasteiger partial charge in [0.25, 0.3) is 0 Å². The van der Waals surface area contributed by atoms with Crippen molar-refractivity contribution in [2.24, 2.45) is 17.3 Å². The maximum absolute atomic E-state index is 12.3. The minimum atomic E-state index is -0.177. The zero-order valence-corrected chi connectivity index (χ0v) is 14.5. The first-order valence-electron chi connectivity index (χ1n) is 8.40. The monoisotopic (exact) mass is 321 g/mol. The lowest BCUT2D eigenvalue weighted by Crippen LogP contribution is -2.40. The maximum Gasteiger partial charge on any atom is 0.225 e. The van der Waals surface area contributed by atoms with Gasteiger partial charge in [0.05, 0.1) is 12.3 Å². The van der Waals surface area contributed by atoms with Gasteiger partial charge in [0.15, 0.2) is 0 Å². The van der Waals surface area contributed by atoms with E-state index in [2.05, 4.69) is 10.1 Å². The lowest BCUT2D eigenvalue weighted by atomic mass is 9.82. The molecule has 6 nitrogen and oxygen atoms in total. The molecule has 1 amide bonds. The number of hydrogen-bond donors (Lipinski definition) is 1. The van der Waals surface area contributed by atoms with E-state index in [9.17, 15) is 9.90 Å². The fraction of sp³-hybridized carbons (Fsp3) is 0.765. The molecule has 2 aliphatic rings. The van der Waals surface area contributed by atoms with Crippen LogP contribution in [0.1, 0.15) is 30.9 Å². The van der Waals surface area contributed by atoms with E-state index in [0.29, 0.717) is 12.5 Å². The Balaban J connectivity index is 1.70. The molecule has 0 radical (unpaired) electrons. The summed E-state index contributed by atoms with van der Waals surface area (Å²) in [5.74, 6) is 1.43. The highest BCUT2D eigenvalue weighted by molar-refractivity contribution is 5.78. The third-order valence-corrected chi connectivity index (χ3v) is 5.51. The fourth-order valence-corrected chi connectivity index (χ4v) is 4.12. The predicted octanol–water partition coefficient (Wildman–Crippen LogP) is 1.20. The largest absolute Gasteiger partial charge is 0.396 e. The second-order valence-corrected chi connectivity index (χ2v) is 7.56. The Morgan fingerprint density at radius 2 is 2.13 bits per heavy atom. The maximum atomic E-state index is 12.3. The van der Waals surface area contributed by atoms with Gasteiger partial charge in [-0.15, -0.1) is 0 Å². The molecule has 6 heteroatoms. The molecule has 0 saturated carbocycles. The molecule has 1 N–H and O–H groups in total. The Hall–Kier alpha value is -1.40. The molecular weight excluding hydrogens is 294 g/mol. The number of aromatic nitrogens is 1. The number of aryl methyl sites for hydroxylation is 2. The van der Waals surface area contributed by atoms with Crippen LogP contribution in [0, 0.1) is 31.1 Å². The highest BCUT2D eigenvalue weighted by Gasteiger charge is 2.53. The van der Waals surface area contributed by atoms with Gasteiger partial charge in [-0.25, -0.2) is 0 Å². The summed E-state index contributed by atoms with van der Waals surface area (Å²) in [4.78, 5) is 16.6. The molecule has 1 aromatic rings. The summed E-state index contributed by atoms with van der Waals surface area (Å²) in [7, 11) is 0. The Morgan fingerprint density at radius 1 is 1.39 bits per heavy atom. The van der Waals surface area contributed by atoms with E-state index in [1.165, 1.54) is 0 Å². The van der Waals surface area contributed by atoms with E-state index in [-0.39, 0.29) is 23.8 Å². The molecule has 0 aliphatic carbocycles. The van der Waals surface area contributed by atoms with E-state index in [0.717, 1.165) is 43.2 Å². The zero-order chi connectivity index (χ0) is 16.8. The lowest BCUT2D eigenvalue weighted by molar-refractivity contribution is -0.134. The number of carbonyl (C=O) groups is 1. The van der Waals surface area contributed by atoms with Gasteiger partial charge in [0.2, 0.25) is 5.91 Å². The number of amides is 1. The van der Waals surface area contributed by atoms with Crippen molar-refractivity contribution in [1.29, 1.82) is 0 Å². The van der Waals surface area contributed by atoms with E-state index >= 15 is 0 Å².